The highest BCUT2D eigenvalue weighted by molar-refractivity contribution is 5.97. The number of rotatable bonds is 7. The summed E-state index contributed by atoms with van der Waals surface area (Å²) in [5, 5.41) is 15.3. The summed E-state index contributed by atoms with van der Waals surface area (Å²) in [6.07, 6.45) is 0. The van der Waals surface area contributed by atoms with Gasteiger partial charge in [-0.25, -0.2) is 0 Å². The summed E-state index contributed by atoms with van der Waals surface area (Å²) in [6, 6.07) is 5.88. The van der Waals surface area contributed by atoms with E-state index in [1.54, 1.807) is 0 Å². The van der Waals surface area contributed by atoms with Gasteiger partial charge in [-0.3, -0.25) is 0 Å². The minimum absolute atomic E-state index is 0.150. The predicted octanol–water partition coefficient (Wildman–Crippen LogP) is 3.11. The number of hydrogen-bond donors (Lipinski definition) is 3. The highest BCUT2D eigenvalue weighted by atomic mass is 16.4. The first-order valence-corrected chi connectivity index (χ1v) is 7.65. The predicted molar refractivity (Wildman–Crippen MR) is 88.6 cm³/mol. The van der Waals surface area contributed by atoms with E-state index in [0.717, 1.165) is 24.2 Å². The van der Waals surface area contributed by atoms with Gasteiger partial charge in [0, 0.05) is 12.1 Å². The Kier molecular flexibility index (Phi) is 6.69. The number of aryl methyl sites for hydroxylation is 1. The number of nitrogens with two attached hydrogens (primary N) is 1. The molecule has 0 saturated carbocycles. The highest BCUT2D eigenvalue weighted by Gasteiger charge is 2.16. The van der Waals surface area contributed by atoms with Crippen LogP contribution >= 0.6 is 0 Å². The van der Waals surface area contributed by atoms with Crippen LogP contribution in [-0.4, -0.2) is 17.6 Å². The van der Waals surface area contributed by atoms with Crippen LogP contribution in [0.3, 0.4) is 0 Å². The van der Waals surface area contributed by atoms with Gasteiger partial charge in [-0.15, -0.1) is 0 Å². The molecule has 1 aromatic carbocycles. The Bertz CT molecular complexity index is 473. The van der Waals surface area contributed by atoms with Gasteiger partial charge in [0.1, 0.15) is 0 Å². The van der Waals surface area contributed by atoms with Crippen molar-refractivity contribution in [3.8, 4) is 0 Å². The lowest BCUT2D eigenvalue weighted by atomic mass is 9.85. The molecule has 0 aliphatic rings. The van der Waals surface area contributed by atoms with Crippen LogP contribution in [0.1, 0.15) is 44.4 Å². The smallest absolute Gasteiger partial charge is 0.170 e. The molecular weight excluding hydrogens is 262 g/mol. The van der Waals surface area contributed by atoms with Crippen molar-refractivity contribution in [2.45, 2.75) is 41.2 Å². The lowest BCUT2D eigenvalue weighted by molar-refractivity contribution is 0.275. The number of hydrogen-bond acceptors (Lipinski definition) is 3. The fraction of sp³-hybridized carbons (Fsp3) is 0.588. The summed E-state index contributed by atoms with van der Waals surface area (Å²) in [5.41, 5.74) is 8.75. The van der Waals surface area contributed by atoms with Crippen molar-refractivity contribution in [3.63, 3.8) is 0 Å². The van der Waals surface area contributed by atoms with Gasteiger partial charge in [-0.05, 0) is 48.4 Å². The van der Waals surface area contributed by atoms with Crippen LogP contribution in [0.5, 0.6) is 0 Å². The lowest BCUT2D eigenvalue weighted by Gasteiger charge is -2.25. The van der Waals surface area contributed by atoms with Gasteiger partial charge in [0.2, 0.25) is 0 Å². The molecule has 0 unspecified atom stereocenters. The first kappa shape index (κ1) is 17.5. The summed E-state index contributed by atoms with van der Waals surface area (Å²) >= 11 is 0. The van der Waals surface area contributed by atoms with E-state index in [9.17, 15) is 0 Å². The third kappa shape index (κ3) is 5.05. The van der Waals surface area contributed by atoms with Gasteiger partial charge >= 0.3 is 0 Å². The average Bonchev–Trinajstić information content (AvgIpc) is 2.43. The topological polar surface area (TPSA) is 70.6 Å². The second kappa shape index (κ2) is 8.03. The Labute approximate surface area is 128 Å². The molecule has 0 heterocycles. The van der Waals surface area contributed by atoms with Crippen LogP contribution < -0.4 is 11.1 Å². The summed E-state index contributed by atoms with van der Waals surface area (Å²) < 4.78 is 0. The molecule has 0 atom stereocenters. The molecule has 0 aliphatic heterocycles. The fourth-order valence-electron chi connectivity index (χ4n) is 2.73. The monoisotopic (exact) mass is 291 g/mol. The molecule has 0 bridgehead atoms. The van der Waals surface area contributed by atoms with Crippen molar-refractivity contribution < 1.29 is 5.21 Å². The molecule has 0 radical (unpaired) electrons. The third-order valence-corrected chi connectivity index (χ3v) is 4.15. The van der Waals surface area contributed by atoms with Gasteiger partial charge < -0.3 is 16.3 Å². The van der Waals surface area contributed by atoms with Crippen LogP contribution in [0.25, 0.3) is 0 Å². The van der Waals surface area contributed by atoms with Crippen molar-refractivity contribution >= 4 is 5.84 Å². The second-order valence-corrected chi connectivity index (χ2v) is 6.41. The second-order valence-electron chi connectivity index (χ2n) is 6.41. The van der Waals surface area contributed by atoms with E-state index in [0.29, 0.717) is 17.8 Å². The standard InChI is InChI=1S/C17H29N3O/c1-11(2)16(12(3)4)10-19-9-15-7-6-14(8-13(15)5)17(18)20-21/h6-8,11-12,16,19,21H,9-10H2,1-5H3,(H2,18,20). The van der Waals surface area contributed by atoms with Gasteiger partial charge in [0.15, 0.2) is 5.84 Å². The van der Waals surface area contributed by atoms with Gasteiger partial charge in [0.25, 0.3) is 0 Å². The van der Waals surface area contributed by atoms with E-state index in [4.69, 9.17) is 10.9 Å². The SMILES string of the molecule is Cc1cc(/C(N)=N/O)ccc1CNCC(C(C)C)C(C)C. The molecular formula is C17H29N3O. The Morgan fingerprint density at radius 1 is 1.24 bits per heavy atom. The molecule has 4 nitrogen and oxygen atoms in total. The zero-order valence-electron chi connectivity index (χ0n) is 13.9. The lowest BCUT2D eigenvalue weighted by Crippen LogP contribution is -2.29. The summed E-state index contributed by atoms with van der Waals surface area (Å²) in [7, 11) is 0. The number of oxime groups is 1. The molecule has 0 spiro atoms. The molecule has 0 saturated heterocycles. The maximum atomic E-state index is 8.71. The first-order valence-electron chi connectivity index (χ1n) is 7.65. The average molecular weight is 291 g/mol. The zero-order chi connectivity index (χ0) is 16.0. The minimum Gasteiger partial charge on any atom is -0.409 e. The largest absolute Gasteiger partial charge is 0.409 e. The van der Waals surface area contributed by atoms with Gasteiger partial charge in [-0.2, -0.15) is 0 Å². The Balaban J connectivity index is 2.64. The van der Waals surface area contributed by atoms with Gasteiger partial charge in [-0.1, -0.05) is 45.0 Å². The van der Waals surface area contributed by atoms with Crippen molar-refractivity contribution in [3.05, 3.63) is 34.9 Å². The van der Waals surface area contributed by atoms with Crippen LogP contribution in [0.4, 0.5) is 0 Å². The van der Waals surface area contributed by atoms with E-state index in [2.05, 4.69) is 38.2 Å². The molecule has 0 aliphatic carbocycles. The number of nitrogens with zero attached hydrogens (tertiary/aromatic N) is 1. The van der Waals surface area contributed by atoms with E-state index < -0.39 is 0 Å². The highest BCUT2D eigenvalue weighted by Crippen LogP contribution is 2.19. The van der Waals surface area contributed by atoms with E-state index in [-0.39, 0.29) is 5.84 Å². The molecule has 1 rings (SSSR count). The summed E-state index contributed by atoms with van der Waals surface area (Å²) in [5.74, 6) is 2.20. The Morgan fingerprint density at radius 3 is 2.33 bits per heavy atom. The van der Waals surface area contributed by atoms with Crippen LogP contribution in [0.2, 0.25) is 0 Å². The van der Waals surface area contributed by atoms with Crippen LogP contribution in [0.15, 0.2) is 23.4 Å². The minimum atomic E-state index is 0.150. The quantitative estimate of drug-likeness (QED) is 0.313. The maximum Gasteiger partial charge on any atom is 0.170 e. The molecule has 21 heavy (non-hydrogen) atoms. The van der Waals surface area contributed by atoms with Crippen molar-refractivity contribution in [1.29, 1.82) is 0 Å². The zero-order valence-corrected chi connectivity index (χ0v) is 13.9. The number of amidine groups is 1. The summed E-state index contributed by atoms with van der Waals surface area (Å²) in [6.45, 7) is 13.0. The van der Waals surface area contributed by atoms with Crippen LogP contribution in [0, 0.1) is 24.7 Å². The molecule has 4 heteroatoms. The van der Waals surface area contributed by atoms with E-state index in [1.165, 1.54) is 5.56 Å². The third-order valence-electron chi connectivity index (χ3n) is 4.15. The summed E-state index contributed by atoms with van der Waals surface area (Å²) in [4.78, 5) is 0. The molecule has 0 amide bonds. The molecule has 4 N–H and O–H groups in total. The number of benzene rings is 1. The number of nitrogens with one attached hydrogen (secondary N) is 1. The first-order chi connectivity index (χ1) is 9.86. The van der Waals surface area contributed by atoms with Crippen molar-refractivity contribution in [2.24, 2.45) is 28.6 Å². The van der Waals surface area contributed by atoms with Crippen LogP contribution in [-0.2, 0) is 6.54 Å². The van der Waals surface area contributed by atoms with E-state index >= 15 is 0 Å². The van der Waals surface area contributed by atoms with Crippen molar-refractivity contribution in [1.82, 2.24) is 5.32 Å². The van der Waals surface area contributed by atoms with Gasteiger partial charge in [0.05, 0.1) is 0 Å². The fourth-order valence-corrected chi connectivity index (χ4v) is 2.73. The molecule has 0 fully saturated rings. The van der Waals surface area contributed by atoms with E-state index in [1.807, 2.05) is 25.1 Å². The molecule has 118 valence electrons. The Hall–Kier alpha value is -1.55. The Morgan fingerprint density at radius 2 is 1.86 bits per heavy atom. The van der Waals surface area contributed by atoms with Crippen molar-refractivity contribution in [2.75, 3.05) is 6.54 Å². The molecule has 1 aromatic rings. The normalized spacial score (nSPS) is 12.7. The maximum absolute atomic E-state index is 8.71. The molecule has 0 aromatic heterocycles.